The van der Waals surface area contributed by atoms with Gasteiger partial charge in [-0.3, -0.25) is 0 Å². The quantitative estimate of drug-likeness (QED) is 0.931. The molecule has 0 aliphatic carbocycles. The first-order valence-corrected chi connectivity index (χ1v) is 7.15. The monoisotopic (exact) mass is 321 g/mol. The van der Waals surface area contributed by atoms with E-state index in [9.17, 15) is 8.78 Å². The molecule has 3 nitrogen and oxygen atoms in total. The summed E-state index contributed by atoms with van der Waals surface area (Å²) in [6, 6.07) is 7.02. The molecule has 0 aromatic heterocycles. The van der Waals surface area contributed by atoms with Gasteiger partial charge < -0.3 is 15.2 Å². The van der Waals surface area contributed by atoms with Crippen LogP contribution in [-0.4, -0.2) is 19.8 Å². The summed E-state index contributed by atoms with van der Waals surface area (Å²) < 4.78 is 38.5. The smallest absolute Gasteiger partial charge is 0.131 e. The van der Waals surface area contributed by atoms with E-state index in [0.29, 0.717) is 35.6 Å². The maximum absolute atomic E-state index is 13.9. The van der Waals surface area contributed by atoms with Gasteiger partial charge in [0.15, 0.2) is 0 Å². The van der Waals surface area contributed by atoms with Crippen molar-refractivity contribution in [3.05, 3.63) is 47.5 Å². The molecular formula is C18H21F2NO2. The highest BCUT2D eigenvalue weighted by molar-refractivity contribution is 5.77. The van der Waals surface area contributed by atoms with Crippen LogP contribution in [0.5, 0.6) is 11.5 Å². The standard InChI is InChI=1S/C17H17F2NO2.CH4/c1-21-16-8-11(18)3-5-14(16)15-7-12(19)6-10-2-4-13(9-20)22-17(10)15;/h3,5-8,13H,2,4,9,20H2,1H3;1H4/t13-;/m1./s1. The molecule has 0 unspecified atom stereocenters. The Morgan fingerprint density at radius 2 is 1.96 bits per heavy atom. The number of aryl methyl sites for hydroxylation is 1. The first kappa shape index (κ1) is 17.2. The SMILES string of the molecule is C.COc1cc(F)ccc1-c1cc(F)cc2c1O[C@@H](CN)CC2. The third-order valence-corrected chi connectivity index (χ3v) is 3.87. The van der Waals surface area contributed by atoms with Crippen LogP contribution in [0.4, 0.5) is 8.78 Å². The summed E-state index contributed by atoms with van der Waals surface area (Å²) in [4.78, 5) is 0. The number of fused-ring (bicyclic) bond motifs is 1. The Hall–Kier alpha value is -2.14. The Morgan fingerprint density at radius 3 is 2.65 bits per heavy atom. The number of rotatable bonds is 3. The summed E-state index contributed by atoms with van der Waals surface area (Å²) in [5, 5.41) is 0. The molecule has 0 fully saturated rings. The van der Waals surface area contributed by atoms with Crippen molar-refractivity contribution in [3.8, 4) is 22.6 Å². The molecule has 0 spiro atoms. The van der Waals surface area contributed by atoms with E-state index in [1.54, 1.807) is 6.07 Å². The Kier molecular flexibility index (Phi) is 5.21. The molecule has 2 aromatic carbocycles. The predicted octanol–water partition coefficient (Wildman–Crippen LogP) is 3.93. The van der Waals surface area contributed by atoms with Crippen LogP contribution in [0.1, 0.15) is 19.4 Å². The fraction of sp³-hybridized carbons (Fsp3) is 0.333. The minimum Gasteiger partial charge on any atom is -0.496 e. The van der Waals surface area contributed by atoms with Crippen LogP contribution in [0.15, 0.2) is 30.3 Å². The molecular weight excluding hydrogens is 300 g/mol. The van der Waals surface area contributed by atoms with E-state index in [1.807, 2.05) is 0 Å². The maximum Gasteiger partial charge on any atom is 0.131 e. The summed E-state index contributed by atoms with van der Waals surface area (Å²) in [6.45, 7) is 0.400. The molecule has 2 aromatic rings. The summed E-state index contributed by atoms with van der Waals surface area (Å²) in [5.41, 5.74) is 7.63. The highest BCUT2D eigenvalue weighted by Gasteiger charge is 2.24. The molecule has 0 saturated heterocycles. The largest absolute Gasteiger partial charge is 0.496 e. The first-order chi connectivity index (χ1) is 10.6. The second-order valence-corrected chi connectivity index (χ2v) is 5.30. The molecule has 1 aliphatic rings. The summed E-state index contributed by atoms with van der Waals surface area (Å²) in [7, 11) is 1.45. The number of ether oxygens (including phenoxy) is 2. The van der Waals surface area contributed by atoms with Gasteiger partial charge in [-0.05, 0) is 42.7 Å². The number of nitrogens with two attached hydrogens (primary N) is 1. The van der Waals surface area contributed by atoms with Crippen LogP contribution in [0.3, 0.4) is 0 Å². The fourth-order valence-corrected chi connectivity index (χ4v) is 2.77. The molecule has 1 atom stereocenters. The van der Waals surface area contributed by atoms with Crippen LogP contribution < -0.4 is 15.2 Å². The van der Waals surface area contributed by atoms with Crippen LogP contribution in [-0.2, 0) is 6.42 Å². The average Bonchev–Trinajstić information content (AvgIpc) is 2.53. The topological polar surface area (TPSA) is 44.5 Å². The molecule has 1 aliphatic heterocycles. The summed E-state index contributed by atoms with van der Waals surface area (Å²) in [6.07, 6.45) is 1.36. The second-order valence-electron chi connectivity index (χ2n) is 5.30. The zero-order valence-electron chi connectivity index (χ0n) is 12.2. The van der Waals surface area contributed by atoms with Crippen LogP contribution in [0.25, 0.3) is 11.1 Å². The number of methoxy groups -OCH3 is 1. The molecule has 0 saturated carbocycles. The van der Waals surface area contributed by atoms with E-state index in [2.05, 4.69) is 0 Å². The van der Waals surface area contributed by atoms with Crippen molar-refractivity contribution in [1.29, 1.82) is 0 Å². The summed E-state index contributed by atoms with van der Waals surface area (Å²) >= 11 is 0. The van der Waals surface area contributed by atoms with E-state index in [1.165, 1.54) is 31.4 Å². The summed E-state index contributed by atoms with van der Waals surface area (Å²) in [5.74, 6) is 0.181. The Balaban J connectivity index is 0.00000192. The van der Waals surface area contributed by atoms with Gasteiger partial charge in [0.05, 0.1) is 7.11 Å². The molecule has 23 heavy (non-hydrogen) atoms. The van der Waals surface area contributed by atoms with Crippen molar-refractivity contribution in [2.45, 2.75) is 26.4 Å². The lowest BCUT2D eigenvalue weighted by Gasteiger charge is -2.27. The van der Waals surface area contributed by atoms with Gasteiger partial charge in [-0.2, -0.15) is 0 Å². The lowest BCUT2D eigenvalue weighted by molar-refractivity contribution is 0.182. The number of halogens is 2. The van der Waals surface area contributed by atoms with E-state index in [0.717, 1.165) is 12.0 Å². The molecule has 0 bridgehead atoms. The Morgan fingerprint density at radius 1 is 1.17 bits per heavy atom. The van der Waals surface area contributed by atoms with Gasteiger partial charge in [-0.15, -0.1) is 0 Å². The molecule has 124 valence electrons. The molecule has 0 radical (unpaired) electrons. The highest BCUT2D eigenvalue weighted by Crippen LogP contribution is 2.42. The highest BCUT2D eigenvalue weighted by atomic mass is 19.1. The number of benzene rings is 2. The van der Waals surface area contributed by atoms with Gasteiger partial charge in [0, 0.05) is 23.7 Å². The van der Waals surface area contributed by atoms with E-state index in [4.69, 9.17) is 15.2 Å². The Bertz CT molecular complexity index is 704. The average molecular weight is 321 g/mol. The van der Waals surface area contributed by atoms with Crippen LogP contribution in [0.2, 0.25) is 0 Å². The molecule has 5 heteroatoms. The Labute approximate surface area is 135 Å². The number of hydrogen-bond donors (Lipinski definition) is 1. The maximum atomic E-state index is 13.9. The van der Waals surface area contributed by atoms with E-state index in [-0.39, 0.29) is 19.3 Å². The van der Waals surface area contributed by atoms with Crippen LogP contribution in [0, 0.1) is 11.6 Å². The van der Waals surface area contributed by atoms with Gasteiger partial charge in [-0.25, -0.2) is 8.78 Å². The lowest BCUT2D eigenvalue weighted by atomic mass is 9.95. The number of hydrogen-bond acceptors (Lipinski definition) is 3. The minimum atomic E-state index is -0.411. The zero-order valence-corrected chi connectivity index (χ0v) is 12.2. The lowest BCUT2D eigenvalue weighted by Crippen LogP contribution is -2.30. The van der Waals surface area contributed by atoms with Crippen LogP contribution >= 0.6 is 0 Å². The van der Waals surface area contributed by atoms with Crippen molar-refractivity contribution in [2.75, 3.05) is 13.7 Å². The third kappa shape index (κ3) is 3.29. The van der Waals surface area contributed by atoms with Gasteiger partial charge in [0.1, 0.15) is 29.2 Å². The predicted molar refractivity (Wildman–Crippen MR) is 86.9 cm³/mol. The van der Waals surface area contributed by atoms with Gasteiger partial charge in [0.2, 0.25) is 0 Å². The second kappa shape index (κ2) is 6.96. The van der Waals surface area contributed by atoms with Crippen molar-refractivity contribution in [3.63, 3.8) is 0 Å². The zero-order chi connectivity index (χ0) is 15.7. The molecule has 3 rings (SSSR count). The normalized spacial score (nSPS) is 16.1. The first-order valence-electron chi connectivity index (χ1n) is 7.15. The third-order valence-electron chi connectivity index (χ3n) is 3.87. The van der Waals surface area contributed by atoms with Gasteiger partial charge in [-0.1, -0.05) is 7.43 Å². The van der Waals surface area contributed by atoms with Crippen molar-refractivity contribution >= 4 is 0 Å². The molecule has 1 heterocycles. The van der Waals surface area contributed by atoms with E-state index < -0.39 is 5.82 Å². The van der Waals surface area contributed by atoms with Crippen molar-refractivity contribution in [2.24, 2.45) is 5.73 Å². The van der Waals surface area contributed by atoms with E-state index >= 15 is 0 Å². The molecule has 0 amide bonds. The van der Waals surface area contributed by atoms with Gasteiger partial charge >= 0.3 is 0 Å². The van der Waals surface area contributed by atoms with Crippen molar-refractivity contribution < 1.29 is 18.3 Å². The fourth-order valence-electron chi connectivity index (χ4n) is 2.77. The minimum absolute atomic E-state index is 0. The van der Waals surface area contributed by atoms with Crippen molar-refractivity contribution in [1.82, 2.24) is 0 Å². The van der Waals surface area contributed by atoms with Gasteiger partial charge in [0.25, 0.3) is 0 Å². The molecule has 2 N–H and O–H groups in total.